The number of ether oxygens (including phenoxy) is 1. The van der Waals surface area contributed by atoms with Crippen molar-refractivity contribution >= 4 is 17.7 Å². The Morgan fingerprint density at radius 2 is 1.70 bits per heavy atom. The maximum absolute atomic E-state index is 12.1. The summed E-state index contributed by atoms with van der Waals surface area (Å²) in [6.45, 7) is 5.58. The number of amides is 2. The van der Waals surface area contributed by atoms with Gasteiger partial charge in [0.1, 0.15) is 11.8 Å². The van der Waals surface area contributed by atoms with Crippen LogP contribution in [0.15, 0.2) is 48.5 Å². The molecule has 0 saturated heterocycles. The molecule has 0 aliphatic rings. The van der Waals surface area contributed by atoms with Gasteiger partial charge in [0.2, 0.25) is 5.91 Å². The van der Waals surface area contributed by atoms with Gasteiger partial charge in [0.25, 0.3) is 0 Å². The summed E-state index contributed by atoms with van der Waals surface area (Å²) in [5.41, 5.74) is 2.94. The van der Waals surface area contributed by atoms with E-state index in [9.17, 15) is 9.59 Å². The first-order valence-corrected chi connectivity index (χ1v) is 7.37. The molecule has 1 atom stereocenters. The zero-order chi connectivity index (χ0) is 16.8. The molecule has 0 bridgehead atoms. The Bertz CT molecular complexity index is 699. The fourth-order valence-electron chi connectivity index (χ4n) is 1.94. The second-order valence-electron chi connectivity index (χ2n) is 5.36. The quantitative estimate of drug-likeness (QED) is 0.909. The normalized spacial score (nSPS) is 11.4. The Morgan fingerprint density at radius 1 is 1.00 bits per heavy atom. The Balaban J connectivity index is 1.89. The lowest BCUT2D eigenvalue weighted by Crippen LogP contribution is -2.42. The van der Waals surface area contributed by atoms with Gasteiger partial charge in [-0.25, -0.2) is 4.79 Å². The van der Waals surface area contributed by atoms with Gasteiger partial charge >= 0.3 is 6.09 Å². The standard InChI is InChI=1S/C18H20N2O3/c1-12-9-10-15(11-13(12)2)20-17(21)14(3)19-18(22)23-16-7-5-4-6-8-16/h4-11,14H,1-3H3,(H,19,22)(H,20,21)/t14-/m0/s1. The van der Waals surface area contributed by atoms with Gasteiger partial charge in [-0.05, 0) is 56.2 Å². The average Bonchev–Trinajstić information content (AvgIpc) is 2.51. The van der Waals surface area contributed by atoms with Gasteiger partial charge < -0.3 is 15.4 Å². The Labute approximate surface area is 135 Å². The van der Waals surface area contributed by atoms with E-state index in [2.05, 4.69) is 10.6 Å². The van der Waals surface area contributed by atoms with Crippen LogP contribution in [0.4, 0.5) is 10.5 Å². The van der Waals surface area contributed by atoms with Gasteiger partial charge in [0.15, 0.2) is 0 Å². The monoisotopic (exact) mass is 312 g/mol. The van der Waals surface area contributed by atoms with Crippen molar-refractivity contribution in [1.29, 1.82) is 0 Å². The van der Waals surface area contributed by atoms with Crippen molar-refractivity contribution in [3.05, 3.63) is 59.7 Å². The Hall–Kier alpha value is -2.82. The summed E-state index contributed by atoms with van der Waals surface area (Å²) in [5.74, 6) is 0.116. The molecule has 0 aromatic heterocycles. The van der Waals surface area contributed by atoms with Crippen molar-refractivity contribution in [2.75, 3.05) is 5.32 Å². The molecule has 5 heteroatoms. The van der Waals surface area contributed by atoms with E-state index in [1.165, 1.54) is 0 Å². The van der Waals surface area contributed by atoms with Crippen LogP contribution in [0.3, 0.4) is 0 Å². The number of aryl methyl sites for hydroxylation is 2. The first-order valence-electron chi connectivity index (χ1n) is 7.37. The molecule has 2 aromatic carbocycles. The van der Waals surface area contributed by atoms with Crippen molar-refractivity contribution in [2.45, 2.75) is 26.8 Å². The molecule has 2 rings (SSSR count). The van der Waals surface area contributed by atoms with E-state index < -0.39 is 12.1 Å². The first kappa shape index (κ1) is 16.5. The summed E-state index contributed by atoms with van der Waals surface area (Å²) in [7, 11) is 0. The zero-order valence-corrected chi connectivity index (χ0v) is 13.4. The molecule has 5 nitrogen and oxygen atoms in total. The van der Waals surface area contributed by atoms with Crippen LogP contribution in [0.5, 0.6) is 5.75 Å². The lowest BCUT2D eigenvalue weighted by atomic mass is 10.1. The average molecular weight is 312 g/mol. The number of carbonyl (C=O) groups is 2. The molecule has 0 fully saturated rings. The fourth-order valence-corrected chi connectivity index (χ4v) is 1.94. The van der Waals surface area contributed by atoms with Crippen molar-refractivity contribution in [2.24, 2.45) is 0 Å². The number of nitrogens with one attached hydrogen (secondary N) is 2. The predicted molar refractivity (Wildman–Crippen MR) is 89.6 cm³/mol. The highest BCUT2D eigenvalue weighted by Crippen LogP contribution is 2.14. The van der Waals surface area contributed by atoms with E-state index >= 15 is 0 Å². The molecule has 0 heterocycles. The van der Waals surface area contributed by atoms with Crippen LogP contribution in [0.25, 0.3) is 0 Å². The van der Waals surface area contributed by atoms with Crippen molar-refractivity contribution < 1.29 is 14.3 Å². The maximum atomic E-state index is 12.1. The summed E-state index contributed by atoms with van der Waals surface area (Å²) < 4.78 is 5.09. The van der Waals surface area contributed by atoms with Crippen LogP contribution < -0.4 is 15.4 Å². The van der Waals surface area contributed by atoms with E-state index in [4.69, 9.17) is 4.74 Å². The second kappa shape index (κ2) is 7.45. The van der Waals surface area contributed by atoms with Crippen LogP contribution in [0, 0.1) is 13.8 Å². The Morgan fingerprint density at radius 3 is 2.35 bits per heavy atom. The van der Waals surface area contributed by atoms with E-state index in [0.717, 1.165) is 11.1 Å². The Kier molecular flexibility index (Phi) is 5.36. The second-order valence-corrected chi connectivity index (χ2v) is 5.36. The van der Waals surface area contributed by atoms with Gasteiger partial charge in [-0.3, -0.25) is 4.79 Å². The molecule has 2 aromatic rings. The molecule has 0 spiro atoms. The molecule has 0 unspecified atom stereocenters. The van der Waals surface area contributed by atoms with Crippen LogP contribution in [0.2, 0.25) is 0 Å². The number of anilines is 1. The van der Waals surface area contributed by atoms with E-state index in [1.807, 2.05) is 38.1 Å². The minimum absolute atomic E-state index is 0.307. The molecule has 0 saturated carbocycles. The molecule has 0 aliphatic heterocycles. The third kappa shape index (κ3) is 4.85. The smallest absolute Gasteiger partial charge is 0.410 e. The number of hydrogen-bond donors (Lipinski definition) is 2. The highest BCUT2D eigenvalue weighted by Gasteiger charge is 2.17. The highest BCUT2D eigenvalue weighted by molar-refractivity contribution is 5.96. The third-order valence-corrected chi connectivity index (χ3v) is 3.46. The molecule has 2 amide bonds. The highest BCUT2D eigenvalue weighted by atomic mass is 16.6. The lowest BCUT2D eigenvalue weighted by molar-refractivity contribution is -0.117. The lowest BCUT2D eigenvalue weighted by Gasteiger charge is -2.14. The number of carbonyl (C=O) groups excluding carboxylic acids is 2. The van der Waals surface area contributed by atoms with Crippen molar-refractivity contribution in [3.8, 4) is 5.75 Å². The maximum Gasteiger partial charge on any atom is 0.413 e. The SMILES string of the molecule is Cc1ccc(NC(=O)[C@H](C)NC(=O)Oc2ccccc2)cc1C. The van der Waals surface area contributed by atoms with Crippen LogP contribution in [0.1, 0.15) is 18.1 Å². The molecule has 0 radical (unpaired) electrons. The minimum atomic E-state index is -0.715. The van der Waals surface area contributed by atoms with Crippen LogP contribution in [-0.4, -0.2) is 18.0 Å². The number of para-hydroxylation sites is 1. The van der Waals surface area contributed by atoms with Gasteiger partial charge in [-0.2, -0.15) is 0 Å². The van der Waals surface area contributed by atoms with Gasteiger partial charge in [0, 0.05) is 5.69 Å². The topological polar surface area (TPSA) is 67.4 Å². The predicted octanol–water partition coefficient (Wildman–Crippen LogP) is 3.42. The minimum Gasteiger partial charge on any atom is -0.410 e. The first-order chi connectivity index (χ1) is 11.0. The molecule has 0 aliphatic carbocycles. The summed E-state index contributed by atoms with van der Waals surface area (Å²) in [6.07, 6.45) is -0.668. The van der Waals surface area contributed by atoms with Crippen molar-refractivity contribution in [3.63, 3.8) is 0 Å². The van der Waals surface area contributed by atoms with E-state index in [0.29, 0.717) is 11.4 Å². The molecular weight excluding hydrogens is 292 g/mol. The summed E-state index contributed by atoms with van der Waals surface area (Å²) in [4.78, 5) is 23.9. The van der Waals surface area contributed by atoms with Gasteiger partial charge in [-0.1, -0.05) is 24.3 Å². The van der Waals surface area contributed by atoms with Gasteiger partial charge in [0.05, 0.1) is 0 Å². The molecular formula is C18H20N2O3. The van der Waals surface area contributed by atoms with Crippen LogP contribution >= 0.6 is 0 Å². The summed E-state index contributed by atoms with van der Waals surface area (Å²) >= 11 is 0. The third-order valence-electron chi connectivity index (χ3n) is 3.46. The molecule has 120 valence electrons. The molecule has 2 N–H and O–H groups in total. The largest absolute Gasteiger partial charge is 0.413 e. The molecule has 23 heavy (non-hydrogen) atoms. The zero-order valence-electron chi connectivity index (χ0n) is 13.4. The van der Waals surface area contributed by atoms with Crippen LogP contribution in [-0.2, 0) is 4.79 Å². The number of benzene rings is 2. The summed E-state index contributed by atoms with van der Waals surface area (Å²) in [5, 5.41) is 5.27. The van der Waals surface area contributed by atoms with Crippen molar-refractivity contribution in [1.82, 2.24) is 5.32 Å². The van der Waals surface area contributed by atoms with E-state index in [-0.39, 0.29) is 5.91 Å². The fraction of sp³-hybridized carbons (Fsp3) is 0.222. The summed E-state index contributed by atoms with van der Waals surface area (Å²) in [6, 6.07) is 13.6. The number of rotatable bonds is 4. The van der Waals surface area contributed by atoms with E-state index in [1.54, 1.807) is 31.2 Å². The van der Waals surface area contributed by atoms with Gasteiger partial charge in [-0.15, -0.1) is 0 Å². The number of hydrogen-bond acceptors (Lipinski definition) is 3.